The second kappa shape index (κ2) is 4.44. The average Bonchev–Trinajstić information content (AvgIpc) is 2.73. The van der Waals surface area contributed by atoms with Crippen LogP contribution in [0.3, 0.4) is 0 Å². The molecule has 0 aliphatic heterocycles. The second-order valence-corrected chi connectivity index (χ2v) is 4.06. The van der Waals surface area contributed by atoms with Crippen LogP contribution in [-0.2, 0) is 13.0 Å². The molecular formula is C10H10BrN3O. The number of phenolic OH excluding ortho intramolecular Hbond substituents is 1. The highest BCUT2D eigenvalue weighted by Crippen LogP contribution is 2.24. The van der Waals surface area contributed by atoms with Gasteiger partial charge in [-0.15, -0.1) is 5.10 Å². The lowest BCUT2D eigenvalue weighted by atomic mass is 10.1. The fourth-order valence-electron chi connectivity index (χ4n) is 1.30. The summed E-state index contributed by atoms with van der Waals surface area (Å²) >= 11 is 3.28. The number of phenols is 1. The maximum Gasteiger partial charge on any atom is 0.129 e. The first-order valence-corrected chi connectivity index (χ1v) is 5.36. The Kier molecular flexibility index (Phi) is 3.01. The van der Waals surface area contributed by atoms with E-state index in [-0.39, 0.29) is 5.75 Å². The van der Waals surface area contributed by atoms with Crippen LogP contribution in [0.5, 0.6) is 5.75 Å². The quantitative estimate of drug-likeness (QED) is 0.926. The number of hydrogen-bond acceptors (Lipinski definition) is 3. The summed E-state index contributed by atoms with van der Waals surface area (Å²) in [7, 11) is 0. The lowest BCUT2D eigenvalue weighted by molar-refractivity contribution is 0.471. The highest BCUT2D eigenvalue weighted by molar-refractivity contribution is 9.10. The third-order valence-corrected chi connectivity index (χ3v) is 2.75. The van der Waals surface area contributed by atoms with Gasteiger partial charge >= 0.3 is 0 Å². The summed E-state index contributed by atoms with van der Waals surface area (Å²) in [5, 5.41) is 16.9. The first-order valence-electron chi connectivity index (χ1n) is 4.57. The van der Waals surface area contributed by atoms with E-state index >= 15 is 0 Å². The topological polar surface area (TPSA) is 50.9 Å². The third kappa shape index (κ3) is 2.56. The van der Waals surface area contributed by atoms with Crippen molar-refractivity contribution in [1.29, 1.82) is 0 Å². The van der Waals surface area contributed by atoms with Crippen molar-refractivity contribution in [3.8, 4) is 5.75 Å². The molecule has 0 fully saturated rings. The van der Waals surface area contributed by atoms with Gasteiger partial charge < -0.3 is 5.11 Å². The minimum absolute atomic E-state index is 0.263. The molecule has 0 saturated carbocycles. The molecule has 4 nitrogen and oxygen atoms in total. The zero-order valence-electron chi connectivity index (χ0n) is 7.97. The van der Waals surface area contributed by atoms with Gasteiger partial charge in [0.15, 0.2) is 0 Å². The van der Waals surface area contributed by atoms with Gasteiger partial charge in [-0.05, 0) is 40.0 Å². The molecule has 0 spiro atoms. The van der Waals surface area contributed by atoms with Crippen molar-refractivity contribution in [2.24, 2.45) is 0 Å². The largest absolute Gasteiger partial charge is 0.507 e. The van der Waals surface area contributed by atoms with E-state index in [0.717, 1.165) is 23.0 Å². The average molecular weight is 268 g/mol. The van der Waals surface area contributed by atoms with Crippen LogP contribution in [0, 0.1) is 0 Å². The minimum atomic E-state index is 0.263. The van der Waals surface area contributed by atoms with Gasteiger partial charge in [0, 0.05) is 12.7 Å². The summed E-state index contributed by atoms with van der Waals surface area (Å²) in [4.78, 5) is 0. The number of halogens is 1. The maximum atomic E-state index is 9.32. The molecule has 1 N–H and O–H groups in total. The molecule has 0 radical (unpaired) electrons. The lowest BCUT2D eigenvalue weighted by Gasteiger charge is -2.03. The molecule has 0 unspecified atom stereocenters. The molecule has 1 aromatic heterocycles. The van der Waals surface area contributed by atoms with Crippen molar-refractivity contribution in [2.75, 3.05) is 0 Å². The van der Waals surface area contributed by atoms with Crippen LogP contribution in [0.15, 0.2) is 35.1 Å². The van der Waals surface area contributed by atoms with Gasteiger partial charge in [-0.1, -0.05) is 11.3 Å². The van der Waals surface area contributed by atoms with Gasteiger partial charge in [0.1, 0.15) is 5.75 Å². The zero-order valence-corrected chi connectivity index (χ0v) is 9.55. The molecule has 2 rings (SSSR count). The second-order valence-electron chi connectivity index (χ2n) is 3.20. The molecule has 1 heterocycles. The van der Waals surface area contributed by atoms with E-state index in [1.165, 1.54) is 0 Å². The SMILES string of the molecule is Oc1ccc(CCn2ccnn2)cc1Br. The zero-order chi connectivity index (χ0) is 10.7. The summed E-state index contributed by atoms with van der Waals surface area (Å²) in [6.07, 6.45) is 4.35. The molecule has 0 aliphatic carbocycles. The van der Waals surface area contributed by atoms with Gasteiger partial charge in [-0.2, -0.15) is 0 Å². The van der Waals surface area contributed by atoms with Crippen LogP contribution in [0.25, 0.3) is 0 Å². The Balaban J connectivity index is 2.02. The number of aromatic hydroxyl groups is 1. The van der Waals surface area contributed by atoms with E-state index in [1.54, 1.807) is 16.9 Å². The smallest absolute Gasteiger partial charge is 0.129 e. The van der Waals surface area contributed by atoms with E-state index < -0.39 is 0 Å². The van der Waals surface area contributed by atoms with Crippen LogP contribution in [0.1, 0.15) is 5.56 Å². The Hall–Kier alpha value is -1.36. The molecule has 78 valence electrons. The summed E-state index contributed by atoms with van der Waals surface area (Å²) < 4.78 is 2.50. The predicted octanol–water partition coefficient (Wildman–Crippen LogP) is 1.99. The first kappa shape index (κ1) is 10.2. The normalized spacial score (nSPS) is 10.5. The van der Waals surface area contributed by atoms with Crippen molar-refractivity contribution < 1.29 is 5.11 Å². The van der Waals surface area contributed by atoms with E-state index in [0.29, 0.717) is 0 Å². The van der Waals surface area contributed by atoms with Gasteiger partial charge in [-0.3, -0.25) is 4.68 Å². The van der Waals surface area contributed by atoms with Gasteiger partial charge in [0.25, 0.3) is 0 Å². The van der Waals surface area contributed by atoms with E-state index in [9.17, 15) is 5.11 Å². The van der Waals surface area contributed by atoms with Crippen LogP contribution in [0.2, 0.25) is 0 Å². The molecule has 0 saturated heterocycles. The van der Waals surface area contributed by atoms with Crippen molar-refractivity contribution in [3.05, 3.63) is 40.6 Å². The summed E-state index contributed by atoms with van der Waals surface area (Å²) in [6.45, 7) is 0.789. The van der Waals surface area contributed by atoms with Crippen molar-refractivity contribution >= 4 is 15.9 Å². The fraction of sp³-hybridized carbons (Fsp3) is 0.200. The van der Waals surface area contributed by atoms with Gasteiger partial charge in [0.05, 0.1) is 10.7 Å². The first-order chi connectivity index (χ1) is 7.25. The molecule has 2 aromatic rings. The number of nitrogens with zero attached hydrogens (tertiary/aromatic N) is 3. The Morgan fingerprint density at radius 2 is 2.27 bits per heavy atom. The van der Waals surface area contributed by atoms with Gasteiger partial charge in [-0.25, -0.2) is 0 Å². The fourth-order valence-corrected chi connectivity index (χ4v) is 1.73. The van der Waals surface area contributed by atoms with Crippen molar-refractivity contribution in [1.82, 2.24) is 15.0 Å². The van der Waals surface area contributed by atoms with E-state index in [4.69, 9.17) is 0 Å². The molecule has 5 heteroatoms. The molecule has 0 bridgehead atoms. The number of hydrogen-bond donors (Lipinski definition) is 1. The van der Waals surface area contributed by atoms with E-state index in [2.05, 4.69) is 26.2 Å². The minimum Gasteiger partial charge on any atom is -0.507 e. The van der Waals surface area contributed by atoms with Crippen LogP contribution in [0.4, 0.5) is 0 Å². The maximum absolute atomic E-state index is 9.32. The Labute approximate surface area is 95.7 Å². The number of aryl methyl sites for hydroxylation is 2. The van der Waals surface area contributed by atoms with E-state index in [1.807, 2.05) is 18.3 Å². The molecule has 0 atom stereocenters. The Morgan fingerprint density at radius 3 is 2.93 bits per heavy atom. The summed E-state index contributed by atoms with van der Waals surface area (Å²) in [6, 6.07) is 5.49. The Bertz CT molecular complexity index is 442. The third-order valence-electron chi connectivity index (χ3n) is 2.11. The van der Waals surface area contributed by atoms with Crippen LogP contribution >= 0.6 is 15.9 Å². The Morgan fingerprint density at radius 1 is 1.40 bits per heavy atom. The standard InChI is InChI=1S/C10H10BrN3O/c11-9-7-8(1-2-10(9)15)3-5-14-6-4-12-13-14/h1-2,4,6-7,15H,3,5H2. The summed E-state index contributed by atoms with van der Waals surface area (Å²) in [5.74, 6) is 0.263. The monoisotopic (exact) mass is 267 g/mol. The van der Waals surface area contributed by atoms with Crippen LogP contribution < -0.4 is 0 Å². The molecule has 0 amide bonds. The van der Waals surface area contributed by atoms with Crippen molar-refractivity contribution in [2.45, 2.75) is 13.0 Å². The lowest BCUT2D eigenvalue weighted by Crippen LogP contribution is -2.02. The highest BCUT2D eigenvalue weighted by atomic mass is 79.9. The highest BCUT2D eigenvalue weighted by Gasteiger charge is 2.00. The molecule has 0 aliphatic rings. The molecular weight excluding hydrogens is 258 g/mol. The number of benzene rings is 1. The van der Waals surface area contributed by atoms with Crippen molar-refractivity contribution in [3.63, 3.8) is 0 Å². The molecule has 15 heavy (non-hydrogen) atoms. The van der Waals surface area contributed by atoms with Gasteiger partial charge in [0.2, 0.25) is 0 Å². The summed E-state index contributed by atoms with van der Waals surface area (Å²) in [5.41, 5.74) is 1.15. The predicted molar refractivity (Wildman–Crippen MR) is 59.5 cm³/mol. The number of rotatable bonds is 3. The number of aromatic nitrogens is 3. The van der Waals surface area contributed by atoms with Crippen LogP contribution in [-0.4, -0.2) is 20.1 Å². The molecule has 1 aromatic carbocycles.